The van der Waals surface area contributed by atoms with Gasteiger partial charge >= 0.3 is 7.60 Å². The van der Waals surface area contributed by atoms with Crippen molar-refractivity contribution < 1.29 is 18.4 Å². The van der Waals surface area contributed by atoms with Crippen molar-refractivity contribution in [3.05, 3.63) is 0 Å². The van der Waals surface area contributed by atoms with E-state index in [-0.39, 0.29) is 17.9 Å². The Labute approximate surface area is 90.9 Å². The van der Waals surface area contributed by atoms with E-state index in [9.17, 15) is 9.36 Å². The third-order valence-corrected chi connectivity index (χ3v) is 4.72. The zero-order chi connectivity index (χ0) is 11.3. The Bertz CT molecular complexity index is 254. The normalized spacial score (nSPS) is 22.3. The van der Waals surface area contributed by atoms with Gasteiger partial charge in [-0.15, -0.1) is 0 Å². The van der Waals surface area contributed by atoms with E-state index in [1.54, 1.807) is 13.8 Å². The summed E-state index contributed by atoms with van der Waals surface area (Å²) in [5.74, 6) is 0.0866. The molecule has 0 aromatic rings. The van der Waals surface area contributed by atoms with Gasteiger partial charge in [0, 0.05) is 12.3 Å². The highest BCUT2D eigenvalue weighted by Crippen LogP contribution is 2.51. The summed E-state index contributed by atoms with van der Waals surface area (Å²) in [6, 6.07) is 0. The van der Waals surface area contributed by atoms with Crippen LogP contribution in [-0.4, -0.2) is 25.2 Å². The fourth-order valence-corrected chi connectivity index (χ4v) is 3.89. The number of Topliss-reactive ketones (excluding diaryl/α,β-unsaturated/α-hetero) is 1. The SMILES string of the molecule is CCOP(=O)(C[C@@H]1CCCC1=O)OCC. The number of hydrogen-bond donors (Lipinski definition) is 0. The minimum absolute atomic E-state index is 0.117. The fraction of sp³-hybridized carbons (Fsp3) is 0.900. The molecule has 0 unspecified atom stereocenters. The molecule has 15 heavy (non-hydrogen) atoms. The van der Waals surface area contributed by atoms with Crippen molar-refractivity contribution in [2.45, 2.75) is 33.1 Å². The highest BCUT2D eigenvalue weighted by atomic mass is 31.2. The molecule has 4 nitrogen and oxygen atoms in total. The third kappa shape index (κ3) is 3.71. The maximum absolute atomic E-state index is 12.1. The van der Waals surface area contributed by atoms with Crippen molar-refractivity contribution in [3.8, 4) is 0 Å². The van der Waals surface area contributed by atoms with Gasteiger partial charge in [-0.1, -0.05) is 0 Å². The second-order valence-corrected chi connectivity index (χ2v) is 5.79. The van der Waals surface area contributed by atoms with Gasteiger partial charge in [-0.2, -0.15) is 0 Å². The molecule has 1 rings (SSSR count). The van der Waals surface area contributed by atoms with Gasteiger partial charge in [0.2, 0.25) is 0 Å². The van der Waals surface area contributed by atoms with E-state index in [0.29, 0.717) is 19.6 Å². The predicted molar refractivity (Wildman–Crippen MR) is 58.1 cm³/mol. The molecule has 0 bridgehead atoms. The van der Waals surface area contributed by atoms with Gasteiger partial charge in [0.25, 0.3) is 0 Å². The molecule has 0 amide bonds. The number of ketones is 1. The molecule has 0 heterocycles. The summed E-state index contributed by atoms with van der Waals surface area (Å²) in [4.78, 5) is 11.4. The second-order valence-electron chi connectivity index (χ2n) is 3.68. The molecule has 1 fully saturated rings. The average Bonchev–Trinajstić information content (AvgIpc) is 2.52. The monoisotopic (exact) mass is 234 g/mol. The van der Waals surface area contributed by atoms with Crippen LogP contribution in [0.3, 0.4) is 0 Å². The van der Waals surface area contributed by atoms with Crippen LogP contribution in [0.1, 0.15) is 33.1 Å². The molecule has 0 N–H and O–H groups in total. The molecule has 0 aliphatic heterocycles. The minimum Gasteiger partial charge on any atom is -0.309 e. The zero-order valence-corrected chi connectivity index (χ0v) is 10.3. The lowest BCUT2D eigenvalue weighted by Crippen LogP contribution is -2.14. The molecule has 0 aromatic carbocycles. The molecular formula is C10H19O4P. The molecule has 1 saturated carbocycles. The van der Waals surface area contributed by atoms with Gasteiger partial charge in [-0.25, -0.2) is 0 Å². The fourth-order valence-electron chi connectivity index (χ4n) is 1.89. The van der Waals surface area contributed by atoms with Crippen molar-refractivity contribution in [3.63, 3.8) is 0 Å². The van der Waals surface area contributed by atoms with Crippen LogP contribution in [0.25, 0.3) is 0 Å². The number of carbonyl (C=O) groups is 1. The quantitative estimate of drug-likeness (QED) is 0.663. The van der Waals surface area contributed by atoms with E-state index >= 15 is 0 Å². The van der Waals surface area contributed by atoms with Crippen LogP contribution in [0.15, 0.2) is 0 Å². The zero-order valence-electron chi connectivity index (χ0n) is 9.40. The van der Waals surface area contributed by atoms with Crippen LogP contribution >= 0.6 is 7.60 Å². The lowest BCUT2D eigenvalue weighted by molar-refractivity contribution is -0.120. The Morgan fingerprint density at radius 3 is 2.33 bits per heavy atom. The van der Waals surface area contributed by atoms with Crippen LogP contribution in [-0.2, 0) is 18.4 Å². The van der Waals surface area contributed by atoms with Crippen molar-refractivity contribution in [2.24, 2.45) is 5.92 Å². The Hall–Kier alpha value is -0.180. The predicted octanol–water partition coefficient (Wildman–Crippen LogP) is 2.62. The molecule has 1 aliphatic carbocycles. The Morgan fingerprint density at radius 1 is 1.33 bits per heavy atom. The first kappa shape index (κ1) is 12.9. The molecule has 1 aliphatic rings. The van der Waals surface area contributed by atoms with E-state index in [0.717, 1.165) is 12.8 Å². The summed E-state index contributed by atoms with van der Waals surface area (Å²) in [5.41, 5.74) is 0. The molecule has 0 saturated heterocycles. The first-order chi connectivity index (χ1) is 7.11. The van der Waals surface area contributed by atoms with E-state index in [1.165, 1.54) is 0 Å². The number of hydrogen-bond acceptors (Lipinski definition) is 4. The van der Waals surface area contributed by atoms with Gasteiger partial charge in [0.05, 0.1) is 19.4 Å². The largest absolute Gasteiger partial charge is 0.331 e. The standard InChI is InChI=1S/C10H19O4P/c1-3-13-15(12,14-4-2)8-9-6-5-7-10(9)11/h9H,3-8H2,1-2H3/t9-/m0/s1. The minimum atomic E-state index is -3.03. The summed E-state index contributed by atoms with van der Waals surface area (Å²) < 4.78 is 22.4. The number of rotatable bonds is 6. The lowest BCUT2D eigenvalue weighted by atomic mass is 10.1. The highest BCUT2D eigenvalue weighted by Gasteiger charge is 2.34. The maximum atomic E-state index is 12.1. The van der Waals surface area contributed by atoms with Crippen molar-refractivity contribution in [2.75, 3.05) is 19.4 Å². The molecule has 0 radical (unpaired) electrons. The smallest absolute Gasteiger partial charge is 0.309 e. The molecule has 1 atom stereocenters. The molecule has 88 valence electrons. The van der Waals surface area contributed by atoms with Gasteiger partial charge in [0.1, 0.15) is 5.78 Å². The molecule has 0 spiro atoms. The lowest BCUT2D eigenvalue weighted by Gasteiger charge is -2.19. The van der Waals surface area contributed by atoms with Gasteiger partial charge in [-0.05, 0) is 26.7 Å². The van der Waals surface area contributed by atoms with E-state index < -0.39 is 7.60 Å². The summed E-state index contributed by atoms with van der Waals surface area (Å²) >= 11 is 0. The summed E-state index contributed by atoms with van der Waals surface area (Å²) in [6.07, 6.45) is 2.60. The molecular weight excluding hydrogens is 215 g/mol. The second kappa shape index (κ2) is 5.78. The van der Waals surface area contributed by atoms with Crippen molar-refractivity contribution >= 4 is 13.4 Å². The van der Waals surface area contributed by atoms with E-state index in [2.05, 4.69) is 0 Å². The molecule has 5 heteroatoms. The first-order valence-electron chi connectivity index (χ1n) is 5.52. The van der Waals surface area contributed by atoms with Crippen LogP contribution in [0.4, 0.5) is 0 Å². The van der Waals surface area contributed by atoms with Crippen LogP contribution in [0, 0.1) is 5.92 Å². The number of carbonyl (C=O) groups excluding carboxylic acids is 1. The maximum Gasteiger partial charge on any atom is 0.331 e. The Morgan fingerprint density at radius 2 is 1.93 bits per heavy atom. The Kier molecular flexibility index (Phi) is 4.97. The average molecular weight is 234 g/mol. The van der Waals surface area contributed by atoms with Gasteiger partial charge < -0.3 is 9.05 Å². The first-order valence-corrected chi connectivity index (χ1v) is 7.25. The summed E-state index contributed by atoms with van der Waals surface area (Å²) in [7, 11) is -3.03. The van der Waals surface area contributed by atoms with E-state index in [1.807, 2.05) is 0 Å². The van der Waals surface area contributed by atoms with Crippen LogP contribution in [0.2, 0.25) is 0 Å². The van der Waals surface area contributed by atoms with Crippen LogP contribution < -0.4 is 0 Å². The Balaban J connectivity index is 2.57. The van der Waals surface area contributed by atoms with Gasteiger partial charge in [-0.3, -0.25) is 9.36 Å². The van der Waals surface area contributed by atoms with Gasteiger partial charge in [0.15, 0.2) is 0 Å². The van der Waals surface area contributed by atoms with Crippen molar-refractivity contribution in [1.29, 1.82) is 0 Å². The third-order valence-electron chi connectivity index (χ3n) is 2.53. The van der Waals surface area contributed by atoms with Crippen LogP contribution in [0.5, 0.6) is 0 Å². The highest BCUT2D eigenvalue weighted by molar-refractivity contribution is 7.53. The molecule has 0 aromatic heterocycles. The topological polar surface area (TPSA) is 52.6 Å². The summed E-state index contributed by atoms with van der Waals surface area (Å²) in [5, 5.41) is 0. The van der Waals surface area contributed by atoms with E-state index in [4.69, 9.17) is 9.05 Å². The summed E-state index contributed by atoms with van der Waals surface area (Å²) in [6.45, 7) is 4.28. The van der Waals surface area contributed by atoms with Crippen molar-refractivity contribution in [1.82, 2.24) is 0 Å².